The van der Waals surface area contributed by atoms with E-state index < -0.39 is 11.9 Å². The molecule has 0 aliphatic rings. The Morgan fingerprint density at radius 1 is 1.35 bits per heavy atom. The summed E-state index contributed by atoms with van der Waals surface area (Å²) in [4.78, 5) is 22.7. The van der Waals surface area contributed by atoms with Crippen LogP contribution in [0.1, 0.15) is 12.5 Å². The normalized spacial score (nSPS) is 9.65. The summed E-state index contributed by atoms with van der Waals surface area (Å²) in [5.74, 6) is -0.508. The van der Waals surface area contributed by atoms with Crippen molar-refractivity contribution in [3.05, 3.63) is 29.8 Å². The van der Waals surface area contributed by atoms with Gasteiger partial charge in [-0.1, -0.05) is 24.4 Å². The average Bonchev–Trinajstić information content (AvgIpc) is 2.43. The van der Waals surface area contributed by atoms with Crippen LogP contribution < -0.4 is 15.8 Å². The molecule has 3 N–H and O–H groups in total. The standard InChI is InChI=1S/C13H16N2O4S/c1-2-18-12(17)7-15-11(16)8-19-10-6-4-3-5-9(10)13(14)20/h3-6H,2,7-8H2,1H3,(H2,14,20)(H,15,16). The van der Waals surface area contributed by atoms with Crippen molar-refractivity contribution in [1.82, 2.24) is 5.32 Å². The third-order valence-corrected chi connectivity index (χ3v) is 2.47. The van der Waals surface area contributed by atoms with Gasteiger partial charge in [0.05, 0.1) is 12.2 Å². The highest BCUT2D eigenvalue weighted by Gasteiger charge is 2.09. The highest BCUT2D eigenvalue weighted by molar-refractivity contribution is 7.80. The lowest BCUT2D eigenvalue weighted by molar-refractivity contribution is -0.143. The molecule has 1 aromatic carbocycles. The molecule has 0 saturated carbocycles. The Labute approximate surface area is 122 Å². The van der Waals surface area contributed by atoms with Gasteiger partial charge in [0.15, 0.2) is 6.61 Å². The maximum absolute atomic E-state index is 11.5. The number of ether oxygens (including phenoxy) is 2. The lowest BCUT2D eigenvalue weighted by Gasteiger charge is -2.10. The second kappa shape index (κ2) is 8.11. The predicted octanol–water partition coefficient (Wildman–Crippen LogP) is 0.379. The molecule has 0 heterocycles. The number of carbonyl (C=O) groups excluding carboxylic acids is 2. The van der Waals surface area contributed by atoms with Crippen LogP contribution in [0.5, 0.6) is 5.75 Å². The second-order valence-electron chi connectivity index (χ2n) is 3.73. The first-order valence-corrected chi connectivity index (χ1v) is 6.39. The summed E-state index contributed by atoms with van der Waals surface area (Å²) < 4.78 is 10.00. The number of nitrogens with one attached hydrogen (secondary N) is 1. The van der Waals surface area contributed by atoms with Gasteiger partial charge in [-0.3, -0.25) is 9.59 Å². The molecule has 7 heteroatoms. The smallest absolute Gasteiger partial charge is 0.325 e. The molecule has 0 aromatic heterocycles. The molecule has 20 heavy (non-hydrogen) atoms. The number of para-hydroxylation sites is 1. The molecule has 0 aliphatic carbocycles. The number of amides is 1. The number of esters is 1. The van der Waals surface area contributed by atoms with Crippen molar-refractivity contribution in [3.8, 4) is 5.75 Å². The van der Waals surface area contributed by atoms with Crippen molar-refractivity contribution < 1.29 is 19.1 Å². The summed E-state index contributed by atoms with van der Waals surface area (Å²) in [7, 11) is 0. The molecule has 1 aromatic rings. The van der Waals surface area contributed by atoms with Gasteiger partial charge in [0.1, 0.15) is 17.3 Å². The first-order valence-electron chi connectivity index (χ1n) is 5.98. The zero-order valence-electron chi connectivity index (χ0n) is 11.0. The van der Waals surface area contributed by atoms with Crippen LogP contribution in [0, 0.1) is 0 Å². The van der Waals surface area contributed by atoms with Crippen LogP contribution in [0.3, 0.4) is 0 Å². The number of hydrogen-bond donors (Lipinski definition) is 2. The summed E-state index contributed by atoms with van der Waals surface area (Å²) in [6.45, 7) is 1.54. The zero-order valence-corrected chi connectivity index (χ0v) is 11.9. The minimum absolute atomic E-state index is 0.188. The molecule has 0 aliphatic heterocycles. The van der Waals surface area contributed by atoms with Crippen molar-refractivity contribution >= 4 is 29.1 Å². The number of nitrogens with two attached hydrogens (primary N) is 1. The fraction of sp³-hybridized carbons (Fsp3) is 0.308. The monoisotopic (exact) mass is 296 g/mol. The van der Waals surface area contributed by atoms with Gasteiger partial charge >= 0.3 is 5.97 Å². The average molecular weight is 296 g/mol. The zero-order chi connectivity index (χ0) is 15.0. The lowest BCUT2D eigenvalue weighted by Crippen LogP contribution is -2.34. The third kappa shape index (κ3) is 5.23. The van der Waals surface area contributed by atoms with E-state index in [1.54, 1.807) is 31.2 Å². The summed E-state index contributed by atoms with van der Waals surface area (Å²) >= 11 is 4.88. The van der Waals surface area contributed by atoms with E-state index in [4.69, 9.17) is 22.7 Å². The molecule has 0 fully saturated rings. The van der Waals surface area contributed by atoms with Crippen molar-refractivity contribution in [2.75, 3.05) is 19.8 Å². The number of thiocarbonyl (C=S) groups is 1. The maximum atomic E-state index is 11.5. The van der Waals surface area contributed by atoms with Crippen molar-refractivity contribution in [2.45, 2.75) is 6.92 Å². The minimum atomic E-state index is -0.496. The van der Waals surface area contributed by atoms with Crippen molar-refractivity contribution in [2.24, 2.45) is 5.73 Å². The molecular weight excluding hydrogens is 280 g/mol. The van der Waals surface area contributed by atoms with Gasteiger partial charge in [0, 0.05) is 0 Å². The van der Waals surface area contributed by atoms with Crippen LogP contribution >= 0.6 is 12.2 Å². The van der Waals surface area contributed by atoms with Crippen LogP contribution in [0.25, 0.3) is 0 Å². The largest absolute Gasteiger partial charge is 0.483 e. The molecule has 0 radical (unpaired) electrons. The summed E-state index contributed by atoms with van der Waals surface area (Å²) in [5, 5.41) is 2.38. The van der Waals surface area contributed by atoms with Crippen LogP contribution in [0.15, 0.2) is 24.3 Å². The molecule has 0 bridgehead atoms. The Balaban J connectivity index is 2.45. The van der Waals surface area contributed by atoms with Crippen LogP contribution in [0.4, 0.5) is 0 Å². The Morgan fingerprint density at radius 3 is 2.70 bits per heavy atom. The number of hydrogen-bond acceptors (Lipinski definition) is 5. The van der Waals surface area contributed by atoms with E-state index in [-0.39, 0.29) is 24.7 Å². The van der Waals surface area contributed by atoms with Crippen LogP contribution in [-0.2, 0) is 14.3 Å². The fourth-order valence-electron chi connectivity index (χ4n) is 1.37. The molecule has 0 saturated heterocycles. The minimum Gasteiger partial charge on any atom is -0.483 e. The second-order valence-corrected chi connectivity index (χ2v) is 4.17. The lowest BCUT2D eigenvalue weighted by atomic mass is 10.2. The molecule has 0 unspecified atom stereocenters. The number of rotatable bonds is 7. The Hall–Kier alpha value is -2.15. The van der Waals surface area contributed by atoms with Gasteiger partial charge < -0.3 is 20.5 Å². The van der Waals surface area contributed by atoms with Gasteiger partial charge in [0.25, 0.3) is 5.91 Å². The highest BCUT2D eigenvalue weighted by atomic mass is 32.1. The van der Waals surface area contributed by atoms with Gasteiger partial charge in [-0.25, -0.2) is 0 Å². The SMILES string of the molecule is CCOC(=O)CNC(=O)COc1ccccc1C(N)=S. The first-order chi connectivity index (χ1) is 9.54. The molecule has 0 spiro atoms. The van der Waals surface area contributed by atoms with Crippen molar-refractivity contribution in [1.29, 1.82) is 0 Å². The fourth-order valence-corrected chi connectivity index (χ4v) is 1.54. The Kier molecular flexibility index (Phi) is 6.45. The maximum Gasteiger partial charge on any atom is 0.325 e. The van der Waals surface area contributed by atoms with E-state index >= 15 is 0 Å². The summed E-state index contributed by atoms with van der Waals surface area (Å²) in [6.07, 6.45) is 0. The third-order valence-electron chi connectivity index (χ3n) is 2.25. The van der Waals surface area contributed by atoms with Crippen LogP contribution in [-0.4, -0.2) is 36.6 Å². The molecular formula is C13H16N2O4S. The van der Waals surface area contributed by atoms with E-state index in [1.807, 2.05) is 0 Å². The predicted molar refractivity (Wildman–Crippen MR) is 77.5 cm³/mol. The summed E-state index contributed by atoms with van der Waals surface area (Å²) in [5.41, 5.74) is 6.10. The molecule has 0 atom stereocenters. The summed E-state index contributed by atoms with van der Waals surface area (Å²) in [6, 6.07) is 6.87. The molecule has 6 nitrogen and oxygen atoms in total. The van der Waals surface area contributed by atoms with Gasteiger partial charge in [-0.2, -0.15) is 0 Å². The van der Waals surface area contributed by atoms with Gasteiger partial charge in [0.2, 0.25) is 0 Å². The van der Waals surface area contributed by atoms with Crippen LogP contribution in [0.2, 0.25) is 0 Å². The van der Waals surface area contributed by atoms with E-state index in [2.05, 4.69) is 10.1 Å². The number of carbonyl (C=O) groups is 2. The van der Waals surface area contributed by atoms with E-state index in [0.29, 0.717) is 11.3 Å². The topological polar surface area (TPSA) is 90.6 Å². The Morgan fingerprint density at radius 2 is 2.05 bits per heavy atom. The van der Waals surface area contributed by atoms with E-state index in [0.717, 1.165) is 0 Å². The molecule has 1 rings (SSSR count). The molecule has 1 amide bonds. The Bertz CT molecular complexity index is 505. The first kappa shape index (κ1) is 15.9. The van der Waals surface area contributed by atoms with E-state index in [1.165, 1.54) is 0 Å². The van der Waals surface area contributed by atoms with E-state index in [9.17, 15) is 9.59 Å². The van der Waals surface area contributed by atoms with Crippen molar-refractivity contribution in [3.63, 3.8) is 0 Å². The number of benzene rings is 1. The highest BCUT2D eigenvalue weighted by Crippen LogP contribution is 2.17. The molecule has 108 valence electrons. The van der Waals surface area contributed by atoms with Gasteiger partial charge in [-0.15, -0.1) is 0 Å². The quantitative estimate of drug-likeness (QED) is 0.558. The van der Waals surface area contributed by atoms with Gasteiger partial charge in [-0.05, 0) is 19.1 Å².